The molecule has 39 heavy (non-hydrogen) atoms. The number of anilines is 1. The quantitative estimate of drug-likeness (QED) is 0.287. The zero-order valence-corrected chi connectivity index (χ0v) is 25.0. The Morgan fingerprint density at radius 1 is 0.897 bits per heavy atom. The molecule has 0 saturated heterocycles. The van der Waals surface area contributed by atoms with Gasteiger partial charge in [0.1, 0.15) is 17.7 Å². The SMILES string of the molecule is CCCCCCN(C(=O)C(NC(=O)OC(C)(C)C)C(C)C)C(C(=O)Nc1c(C)cccc1C)c1ccccc1. The molecule has 0 aliphatic heterocycles. The molecule has 0 heterocycles. The highest BCUT2D eigenvalue weighted by molar-refractivity contribution is 6.00. The number of rotatable bonds is 12. The van der Waals surface area contributed by atoms with Gasteiger partial charge in [-0.2, -0.15) is 0 Å². The summed E-state index contributed by atoms with van der Waals surface area (Å²) in [7, 11) is 0. The second-order valence-electron chi connectivity index (χ2n) is 11.5. The van der Waals surface area contributed by atoms with Crippen LogP contribution in [0.1, 0.15) is 90.0 Å². The number of aryl methyl sites for hydroxylation is 2. The lowest BCUT2D eigenvalue weighted by atomic mass is 9.98. The monoisotopic (exact) mass is 537 g/mol. The molecule has 214 valence electrons. The highest BCUT2D eigenvalue weighted by atomic mass is 16.6. The van der Waals surface area contributed by atoms with E-state index in [0.29, 0.717) is 12.1 Å². The van der Waals surface area contributed by atoms with Crippen LogP contribution in [-0.4, -0.2) is 41.0 Å². The van der Waals surface area contributed by atoms with Gasteiger partial charge in [-0.15, -0.1) is 0 Å². The predicted octanol–water partition coefficient (Wildman–Crippen LogP) is 6.94. The van der Waals surface area contributed by atoms with E-state index < -0.39 is 23.8 Å². The molecule has 0 aliphatic rings. The van der Waals surface area contributed by atoms with Crippen LogP contribution in [0.3, 0.4) is 0 Å². The first-order valence-electron chi connectivity index (χ1n) is 14.1. The Morgan fingerprint density at radius 3 is 2.05 bits per heavy atom. The Bertz CT molecular complexity index is 1070. The Kier molecular flexibility index (Phi) is 12.0. The van der Waals surface area contributed by atoms with Crippen molar-refractivity contribution in [3.8, 4) is 0 Å². The fourth-order valence-corrected chi connectivity index (χ4v) is 4.51. The van der Waals surface area contributed by atoms with Gasteiger partial charge >= 0.3 is 6.09 Å². The zero-order valence-electron chi connectivity index (χ0n) is 25.0. The maximum absolute atomic E-state index is 14.2. The van der Waals surface area contributed by atoms with E-state index in [4.69, 9.17) is 4.74 Å². The molecule has 2 rings (SSSR count). The van der Waals surface area contributed by atoms with Gasteiger partial charge in [-0.3, -0.25) is 9.59 Å². The van der Waals surface area contributed by atoms with E-state index in [1.807, 2.05) is 76.2 Å². The molecule has 2 unspecified atom stereocenters. The molecule has 0 fully saturated rings. The second-order valence-corrected chi connectivity index (χ2v) is 11.5. The third kappa shape index (κ3) is 9.72. The van der Waals surface area contributed by atoms with Gasteiger partial charge in [-0.1, -0.05) is 88.6 Å². The summed E-state index contributed by atoms with van der Waals surface area (Å²) < 4.78 is 5.46. The number of hydrogen-bond donors (Lipinski definition) is 2. The minimum absolute atomic E-state index is 0.221. The number of unbranched alkanes of at least 4 members (excludes halogenated alkanes) is 3. The van der Waals surface area contributed by atoms with Crippen LogP contribution in [0.15, 0.2) is 48.5 Å². The maximum Gasteiger partial charge on any atom is 0.408 e. The van der Waals surface area contributed by atoms with E-state index in [1.165, 1.54) is 0 Å². The number of alkyl carbamates (subject to hydrolysis) is 1. The molecule has 7 nitrogen and oxygen atoms in total. The van der Waals surface area contributed by atoms with Crippen LogP contribution in [0.25, 0.3) is 0 Å². The molecule has 2 atom stereocenters. The Hall–Kier alpha value is -3.35. The standard InChI is InChI=1S/C32H47N3O4/c1-9-10-11-15-21-35(30(37)26(22(2)3)34-31(38)39-32(6,7)8)28(25-19-13-12-14-20-25)29(36)33-27-23(4)17-16-18-24(27)5/h12-14,16-20,22,26,28H,9-11,15,21H2,1-8H3,(H,33,36)(H,34,38). The van der Waals surface area contributed by atoms with Crippen molar-refractivity contribution in [2.75, 3.05) is 11.9 Å². The molecule has 0 aromatic heterocycles. The Morgan fingerprint density at radius 2 is 1.51 bits per heavy atom. The van der Waals surface area contributed by atoms with Crippen molar-refractivity contribution in [1.82, 2.24) is 10.2 Å². The zero-order chi connectivity index (χ0) is 29.2. The first-order chi connectivity index (χ1) is 18.4. The van der Waals surface area contributed by atoms with E-state index >= 15 is 0 Å². The van der Waals surface area contributed by atoms with Gasteiger partial charge in [-0.05, 0) is 63.6 Å². The molecular weight excluding hydrogens is 490 g/mol. The summed E-state index contributed by atoms with van der Waals surface area (Å²) in [5.74, 6) is -0.818. The van der Waals surface area contributed by atoms with E-state index in [2.05, 4.69) is 17.6 Å². The van der Waals surface area contributed by atoms with E-state index in [1.54, 1.807) is 25.7 Å². The van der Waals surface area contributed by atoms with Crippen LogP contribution in [0.4, 0.5) is 10.5 Å². The molecule has 2 aromatic rings. The molecular formula is C32H47N3O4. The summed E-state index contributed by atoms with van der Waals surface area (Å²) in [6.07, 6.45) is 3.12. The van der Waals surface area contributed by atoms with Crippen molar-refractivity contribution in [2.45, 2.75) is 98.8 Å². The number of nitrogens with zero attached hydrogens (tertiary/aromatic N) is 1. The number of amides is 3. The molecule has 7 heteroatoms. The average Bonchev–Trinajstić information content (AvgIpc) is 2.85. The summed E-state index contributed by atoms with van der Waals surface area (Å²) >= 11 is 0. The lowest BCUT2D eigenvalue weighted by Gasteiger charge is -2.36. The van der Waals surface area contributed by atoms with Crippen molar-refractivity contribution >= 4 is 23.6 Å². The van der Waals surface area contributed by atoms with Crippen molar-refractivity contribution in [1.29, 1.82) is 0 Å². The summed E-state index contributed by atoms with van der Waals surface area (Å²) in [5.41, 5.74) is 2.65. The molecule has 2 N–H and O–H groups in total. The lowest BCUT2D eigenvalue weighted by molar-refractivity contribution is -0.141. The summed E-state index contributed by atoms with van der Waals surface area (Å²) in [5, 5.41) is 5.89. The number of hydrogen-bond acceptors (Lipinski definition) is 4. The van der Waals surface area contributed by atoms with Crippen molar-refractivity contribution in [2.24, 2.45) is 5.92 Å². The van der Waals surface area contributed by atoms with Crippen molar-refractivity contribution in [3.05, 3.63) is 65.2 Å². The number of ether oxygens (including phenoxy) is 1. The number of carbonyl (C=O) groups excluding carboxylic acids is 3. The maximum atomic E-state index is 14.2. The number of nitrogens with one attached hydrogen (secondary N) is 2. The van der Waals surface area contributed by atoms with Gasteiger partial charge in [0, 0.05) is 12.2 Å². The summed E-state index contributed by atoms with van der Waals surface area (Å²) in [6.45, 7) is 15.5. The lowest BCUT2D eigenvalue weighted by Crippen LogP contribution is -2.54. The van der Waals surface area contributed by atoms with Crippen LogP contribution < -0.4 is 10.6 Å². The normalized spacial score (nSPS) is 12.9. The van der Waals surface area contributed by atoms with Crippen molar-refractivity contribution in [3.63, 3.8) is 0 Å². The van der Waals surface area contributed by atoms with Crippen LogP contribution in [0, 0.1) is 19.8 Å². The second kappa shape index (κ2) is 14.7. The van der Waals surface area contributed by atoms with E-state index in [9.17, 15) is 14.4 Å². The molecule has 2 aromatic carbocycles. The van der Waals surface area contributed by atoms with Crippen LogP contribution in [0.5, 0.6) is 0 Å². The average molecular weight is 538 g/mol. The van der Waals surface area contributed by atoms with Crippen LogP contribution >= 0.6 is 0 Å². The molecule has 0 aliphatic carbocycles. The molecule has 0 saturated carbocycles. The Balaban J connectivity index is 2.52. The summed E-state index contributed by atoms with van der Waals surface area (Å²) in [4.78, 5) is 42.6. The predicted molar refractivity (Wildman–Crippen MR) is 158 cm³/mol. The molecule has 0 spiro atoms. The van der Waals surface area contributed by atoms with Gasteiger partial charge < -0.3 is 20.3 Å². The van der Waals surface area contributed by atoms with Crippen LogP contribution in [0.2, 0.25) is 0 Å². The first kappa shape index (κ1) is 31.9. The fourth-order valence-electron chi connectivity index (χ4n) is 4.51. The molecule has 0 bridgehead atoms. The molecule has 3 amide bonds. The van der Waals surface area contributed by atoms with Gasteiger partial charge in [0.25, 0.3) is 5.91 Å². The Labute approximate surface area is 234 Å². The van der Waals surface area contributed by atoms with Gasteiger partial charge in [0.15, 0.2) is 0 Å². The van der Waals surface area contributed by atoms with E-state index in [-0.39, 0.29) is 17.7 Å². The van der Waals surface area contributed by atoms with Gasteiger partial charge in [0.2, 0.25) is 5.91 Å². The fraction of sp³-hybridized carbons (Fsp3) is 0.531. The smallest absolute Gasteiger partial charge is 0.408 e. The third-order valence-corrected chi connectivity index (χ3v) is 6.55. The first-order valence-corrected chi connectivity index (χ1v) is 14.1. The van der Waals surface area contributed by atoms with Crippen LogP contribution in [-0.2, 0) is 14.3 Å². The third-order valence-electron chi connectivity index (χ3n) is 6.55. The number of para-hydroxylation sites is 1. The largest absolute Gasteiger partial charge is 0.444 e. The highest BCUT2D eigenvalue weighted by Crippen LogP contribution is 2.28. The number of benzene rings is 2. The minimum Gasteiger partial charge on any atom is -0.444 e. The van der Waals surface area contributed by atoms with Gasteiger partial charge in [-0.25, -0.2) is 4.79 Å². The minimum atomic E-state index is -0.874. The highest BCUT2D eigenvalue weighted by Gasteiger charge is 2.37. The van der Waals surface area contributed by atoms with E-state index in [0.717, 1.165) is 42.5 Å². The molecule has 0 radical (unpaired) electrons. The topological polar surface area (TPSA) is 87.7 Å². The van der Waals surface area contributed by atoms with Crippen molar-refractivity contribution < 1.29 is 19.1 Å². The summed E-state index contributed by atoms with van der Waals surface area (Å²) in [6, 6.07) is 13.5. The number of carbonyl (C=O) groups is 3. The van der Waals surface area contributed by atoms with Gasteiger partial charge in [0.05, 0.1) is 0 Å².